The predicted molar refractivity (Wildman–Crippen MR) is 131 cm³/mol. The molecule has 0 radical (unpaired) electrons. The molecular formula is C25H25ClN4O3. The molecule has 0 unspecified atom stereocenters. The molecular weight excluding hydrogens is 440 g/mol. The van der Waals surface area contributed by atoms with Gasteiger partial charge in [0.1, 0.15) is 11.5 Å². The maximum absolute atomic E-state index is 12.8. The zero-order valence-corrected chi connectivity index (χ0v) is 19.2. The number of rotatable bonds is 9. The van der Waals surface area contributed by atoms with E-state index in [-0.39, 0.29) is 16.3 Å². The number of hydrogen-bond acceptors (Lipinski definition) is 5. The quantitative estimate of drug-likeness (QED) is 0.273. The lowest BCUT2D eigenvalue weighted by Crippen LogP contribution is -2.33. The first-order valence-electron chi connectivity index (χ1n) is 10.5. The fourth-order valence-corrected chi connectivity index (χ4v) is 3.33. The molecule has 0 atom stereocenters. The lowest BCUT2D eigenvalue weighted by molar-refractivity contribution is -0.117. The van der Waals surface area contributed by atoms with Crippen LogP contribution in [0.3, 0.4) is 0 Å². The van der Waals surface area contributed by atoms with Crippen LogP contribution in [0.5, 0.6) is 0 Å². The van der Waals surface area contributed by atoms with Gasteiger partial charge in [-0.25, -0.2) is 5.43 Å². The molecule has 33 heavy (non-hydrogen) atoms. The lowest BCUT2D eigenvalue weighted by atomic mass is 10.1. The van der Waals surface area contributed by atoms with Crippen LogP contribution < -0.4 is 15.6 Å². The average molecular weight is 465 g/mol. The summed E-state index contributed by atoms with van der Waals surface area (Å²) in [6, 6.07) is 17.7. The first-order valence-corrected chi connectivity index (χ1v) is 10.9. The summed E-state index contributed by atoms with van der Waals surface area (Å²) in [5, 5.41) is 6.82. The zero-order chi connectivity index (χ0) is 23.6. The van der Waals surface area contributed by atoms with Crippen molar-refractivity contribution in [3.8, 4) is 0 Å². The number of amides is 2. The standard InChI is InChI=1S/C25H25ClN4O3/c1-3-30(4-2)19-13-11-18(12-14-19)16-23(25(32)29-27-17-20-8-7-15-33-20)28-24(31)21-9-5-6-10-22(21)26/h5-17H,3-4H2,1-2H3,(H,28,31)(H,29,32)/b23-16-,27-17?. The average Bonchev–Trinajstić information content (AvgIpc) is 3.34. The van der Waals surface area contributed by atoms with Crippen molar-refractivity contribution in [2.45, 2.75) is 13.8 Å². The predicted octanol–water partition coefficient (Wildman–Crippen LogP) is 4.70. The van der Waals surface area contributed by atoms with Crippen molar-refractivity contribution in [3.05, 3.63) is 94.5 Å². The first-order chi connectivity index (χ1) is 16.0. The Morgan fingerprint density at radius 2 is 1.76 bits per heavy atom. The second-order valence-corrected chi connectivity index (χ2v) is 7.38. The van der Waals surface area contributed by atoms with E-state index < -0.39 is 11.8 Å². The number of anilines is 1. The summed E-state index contributed by atoms with van der Waals surface area (Å²) < 4.78 is 5.15. The highest BCUT2D eigenvalue weighted by Gasteiger charge is 2.16. The van der Waals surface area contributed by atoms with Crippen molar-refractivity contribution in [2.24, 2.45) is 5.10 Å². The van der Waals surface area contributed by atoms with Crippen LogP contribution in [0.1, 0.15) is 35.5 Å². The van der Waals surface area contributed by atoms with Crippen molar-refractivity contribution in [2.75, 3.05) is 18.0 Å². The third-order valence-corrected chi connectivity index (χ3v) is 5.17. The molecule has 0 aliphatic carbocycles. The number of carbonyl (C=O) groups excluding carboxylic acids is 2. The molecule has 0 saturated carbocycles. The van der Waals surface area contributed by atoms with Crippen LogP contribution in [-0.4, -0.2) is 31.1 Å². The third kappa shape index (κ3) is 6.57. The SMILES string of the molecule is CCN(CC)c1ccc(/C=C(\NC(=O)c2ccccc2Cl)C(=O)NN=Cc2ccco2)cc1. The molecule has 8 heteroatoms. The Bertz CT molecular complexity index is 1130. The summed E-state index contributed by atoms with van der Waals surface area (Å²) in [5.41, 5.74) is 4.50. The molecule has 7 nitrogen and oxygen atoms in total. The largest absolute Gasteiger partial charge is 0.463 e. The minimum Gasteiger partial charge on any atom is -0.463 e. The smallest absolute Gasteiger partial charge is 0.287 e. The summed E-state index contributed by atoms with van der Waals surface area (Å²) >= 11 is 6.14. The van der Waals surface area contributed by atoms with Crippen LogP contribution in [0.25, 0.3) is 6.08 Å². The van der Waals surface area contributed by atoms with E-state index in [1.807, 2.05) is 24.3 Å². The van der Waals surface area contributed by atoms with Crippen molar-refractivity contribution in [3.63, 3.8) is 0 Å². The Hall–Kier alpha value is -3.84. The molecule has 0 aliphatic rings. The highest BCUT2D eigenvalue weighted by Crippen LogP contribution is 2.18. The monoisotopic (exact) mass is 464 g/mol. The zero-order valence-electron chi connectivity index (χ0n) is 18.4. The second-order valence-electron chi connectivity index (χ2n) is 6.97. The van der Waals surface area contributed by atoms with Gasteiger partial charge in [-0.3, -0.25) is 9.59 Å². The number of furan rings is 1. The maximum Gasteiger partial charge on any atom is 0.287 e. The minimum absolute atomic E-state index is 0.0205. The molecule has 0 saturated heterocycles. The highest BCUT2D eigenvalue weighted by molar-refractivity contribution is 6.34. The van der Waals surface area contributed by atoms with Crippen LogP contribution in [0.2, 0.25) is 5.02 Å². The van der Waals surface area contributed by atoms with E-state index in [0.717, 1.165) is 24.3 Å². The molecule has 170 valence electrons. The minimum atomic E-state index is -0.592. The number of hydrazone groups is 1. The number of benzene rings is 2. The molecule has 1 aromatic heterocycles. The molecule has 2 aromatic carbocycles. The van der Waals surface area contributed by atoms with Gasteiger partial charge in [0.15, 0.2) is 0 Å². The van der Waals surface area contributed by atoms with Gasteiger partial charge in [0.25, 0.3) is 11.8 Å². The Morgan fingerprint density at radius 3 is 2.39 bits per heavy atom. The molecule has 3 rings (SSSR count). The molecule has 3 aromatic rings. The number of halogens is 1. The van der Waals surface area contributed by atoms with Crippen LogP contribution in [-0.2, 0) is 4.79 Å². The van der Waals surface area contributed by atoms with Crippen molar-refractivity contribution < 1.29 is 14.0 Å². The van der Waals surface area contributed by atoms with Gasteiger partial charge in [-0.2, -0.15) is 5.10 Å². The fourth-order valence-electron chi connectivity index (χ4n) is 3.11. The molecule has 0 fully saturated rings. The summed E-state index contributed by atoms with van der Waals surface area (Å²) in [6.45, 7) is 5.96. The van der Waals surface area contributed by atoms with E-state index in [2.05, 4.69) is 34.6 Å². The van der Waals surface area contributed by atoms with Gasteiger partial charge >= 0.3 is 0 Å². The van der Waals surface area contributed by atoms with Crippen LogP contribution in [0, 0.1) is 0 Å². The van der Waals surface area contributed by atoms with Gasteiger partial charge in [-0.05, 0) is 61.9 Å². The van der Waals surface area contributed by atoms with E-state index in [4.69, 9.17) is 16.0 Å². The summed E-state index contributed by atoms with van der Waals surface area (Å²) in [5.74, 6) is -0.615. The summed E-state index contributed by atoms with van der Waals surface area (Å²) in [6.07, 6.45) is 4.45. The Labute approximate surface area is 197 Å². The van der Waals surface area contributed by atoms with Gasteiger partial charge in [-0.15, -0.1) is 0 Å². The topological polar surface area (TPSA) is 86.9 Å². The lowest BCUT2D eigenvalue weighted by Gasteiger charge is -2.21. The summed E-state index contributed by atoms with van der Waals surface area (Å²) in [7, 11) is 0. The number of carbonyl (C=O) groups is 2. The third-order valence-electron chi connectivity index (χ3n) is 4.85. The Kier molecular flexibility index (Phi) is 8.43. The van der Waals surface area contributed by atoms with E-state index in [0.29, 0.717) is 5.76 Å². The number of nitrogens with one attached hydrogen (secondary N) is 2. The van der Waals surface area contributed by atoms with Crippen LogP contribution in [0.15, 0.2) is 82.1 Å². The molecule has 1 heterocycles. The first kappa shape index (κ1) is 23.8. The summed E-state index contributed by atoms with van der Waals surface area (Å²) in [4.78, 5) is 27.8. The Balaban J connectivity index is 1.84. The van der Waals surface area contributed by atoms with E-state index in [9.17, 15) is 9.59 Å². The van der Waals surface area contributed by atoms with E-state index >= 15 is 0 Å². The van der Waals surface area contributed by atoms with Crippen LogP contribution in [0.4, 0.5) is 5.69 Å². The number of hydrogen-bond donors (Lipinski definition) is 2. The van der Waals surface area contributed by atoms with Crippen LogP contribution >= 0.6 is 11.6 Å². The van der Waals surface area contributed by atoms with Gasteiger partial charge in [0.05, 0.1) is 23.1 Å². The van der Waals surface area contributed by atoms with E-state index in [1.54, 1.807) is 42.5 Å². The van der Waals surface area contributed by atoms with Gasteiger partial charge in [-0.1, -0.05) is 35.9 Å². The molecule has 2 amide bonds. The molecule has 0 spiro atoms. The number of nitrogens with zero attached hydrogens (tertiary/aromatic N) is 2. The van der Waals surface area contributed by atoms with Crippen molar-refractivity contribution in [1.82, 2.24) is 10.7 Å². The Morgan fingerprint density at radius 1 is 1.03 bits per heavy atom. The normalized spacial score (nSPS) is 11.4. The highest BCUT2D eigenvalue weighted by atomic mass is 35.5. The molecule has 0 aliphatic heterocycles. The second kappa shape index (κ2) is 11.7. The molecule has 2 N–H and O–H groups in total. The van der Waals surface area contributed by atoms with Crippen molar-refractivity contribution >= 4 is 41.4 Å². The maximum atomic E-state index is 12.8. The van der Waals surface area contributed by atoms with Gasteiger partial charge in [0, 0.05) is 18.8 Å². The fraction of sp³-hybridized carbons (Fsp3) is 0.160. The van der Waals surface area contributed by atoms with Gasteiger partial charge < -0.3 is 14.6 Å². The van der Waals surface area contributed by atoms with Gasteiger partial charge in [0.2, 0.25) is 0 Å². The molecule has 0 bridgehead atoms. The van der Waals surface area contributed by atoms with E-state index in [1.165, 1.54) is 12.5 Å². The van der Waals surface area contributed by atoms with Crippen molar-refractivity contribution in [1.29, 1.82) is 0 Å².